The van der Waals surface area contributed by atoms with Crippen molar-refractivity contribution in [2.24, 2.45) is 0 Å². The number of nitrogens with one attached hydrogen (secondary N) is 1. The predicted molar refractivity (Wildman–Crippen MR) is 73.7 cm³/mol. The molecule has 1 aromatic heterocycles. The molecule has 0 bridgehead atoms. The van der Waals surface area contributed by atoms with E-state index in [0.717, 1.165) is 11.1 Å². The van der Waals surface area contributed by atoms with Crippen molar-refractivity contribution < 1.29 is 14.7 Å². The standard InChI is InChI=1S/C14H12N4O3/c19-13(9-3-4-15-16-6-9)17-12-2-1-10-7-18(14(20)21)8-11(10)5-12/h1-6H,7-8H2,(H,17,19)(H,20,21). The fourth-order valence-corrected chi connectivity index (χ4v) is 2.24. The SMILES string of the molecule is O=C(Nc1ccc2c(c1)CN(C(=O)O)C2)c1ccnnc1. The Bertz CT molecular complexity index is 703. The summed E-state index contributed by atoms with van der Waals surface area (Å²) >= 11 is 0. The second kappa shape index (κ2) is 5.20. The molecule has 0 saturated heterocycles. The monoisotopic (exact) mass is 284 g/mol. The molecule has 2 aromatic rings. The minimum Gasteiger partial charge on any atom is -0.465 e. The molecule has 2 amide bonds. The Labute approximate surface area is 120 Å². The van der Waals surface area contributed by atoms with Gasteiger partial charge in [-0.25, -0.2) is 4.79 Å². The lowest BCUT2D eigenvalue weighted by Crippen LogP contribution is -2.22. The van der Waals surface area contributed by atoms with Crippen molar-refractivity contribution in [1.82, 2.24) is 15.1 Å². The Morgan fingerprint density at radius 3 is 2.67 bits per heavy atom. The summed E-state index contributed by atoms with van der Waals surface area (Å²) in [5.74, 6) is -0.280. The van der Waals surface area contributed by atoms with Gasteiger partial charge in [-0.15, -0.1) is 0 Å². The summed E-state index contributed by atoms with van der Waals surface area (Å²) in [5, 5.41) is 19.0. The normalized spacial score (nSPS) is 12.9. The molecular weight excluding hydrogens is 272 g/mol. The summed E-state index contributed by atoms with van der Waals surface area (Å²) in [6, 6.07) is 6.96. The summed E-state index contributed by atoms with van der Waals surface area (Å²) in [6.45, 7) is 0.721. The maximum atomic E-state index is 12.0. The van der Waals surface area contributed by atoms with Gasteiger partial charge in [0.25, 0.3) is 5.91 Å². The minimum atomic E-state index is -0.945. The molecule has 0 fully saturated rings. The zero-order valence-corrected chi connectivity index (χ0v) is 11.0. The largest absolute Gasteiger partial charge is 0.465 e. The van der Waals surface area contributed by atoms with Crippen molar-refractivity contribution in [2.45, 2.75) is 13.1 Å². The molecule has 0 spiro atoms. The summed E-state index contributed by atoms with van der Waals surface area (Å²) in [7, 11) is 0. The molecule has 21 heavy (non-hydrogen) atoms. The molecule has 7 nitrogen and oxygen atoms in total. The van der Waals surface area contributed by atoms with E-state index in [1.807, 2.05) is 6.07 Å². The third kappa shape index (κ3) is 2.66. The first-order chi connectivity index (χ1) is 10.1. The van der Waals surface area contributed by atoms with E-state index in [1.54, 1.807) is 18.2 Å². The smallest absolute Gasteiger partial charge is 0.407 e. The lowest BCUT2D eigenvalue weighted by atomic mass is 10.1. The highest BCUT2D eigenvalue weighted by atomic mass is 16.4. The second-order valence-electron chi connectivity index (χ2n) is 4.71. The Kier molecular flexibility index (Phi) is 3.23. The van der Waals surface area contributed by atoms with Gasteiger partial charge in [0, 0.05) is 18.8 Å². The van der Waals surface area contributed by atoms with E-state index >= 15 is 0 Å². The van der Waals surface area contributed by atoms with Gasteiger partial charge in [0.1, 0.15) is 0 Å². The van der Waals surface area contributed by atoms with Crippen molar-refractivity contribution in [2.75, 3.05) is 5.32 Å². The van der Waals surface area contributed by atoms with E-state index in [2.05, 4.69) is 15.5 Å². The van der Waals surface area contributed by atoms with Gasteiger partial charge in [0.15, 0.2) is 0 Å². The van der Waals surface area contributed by atoms with Crippen LogP contribution in [0.1, 0.15) is 21.5 Å². The molecule has 7 heteroatoms. The number of benzene rings is 1. The van der Waals surface area contributed by atoms with Crippen LogP contribution in [0.15, 0.2) is 36.7 Å². The van der Waals surface area contributed by atoms with E-state index in [0.29, 0.717) is 24.3 Å². The number of hydrogen-bond donors (Lipinski definition) is 2. The minimum absolute atomic E-state index is 0.280. The molecule has 0 unspecified atom stereocenters. The van der Waals surface area contributed by atoms with Crippen molar-refractivity contribution in [3.8, 4) is 0 Å². The number of rotatable bonds is 2. The fraction of sp³-hybridized carbons (Fsp3) is 0.143. The molecule has 1 aromatic carbocycles. The van der Waals surface area contributed by atoms with E-state index in [-0.39, 0.29) is 5.91 Å². The van der Waals surface area contributed by atoms with Crippen LogP contribution in [0.4, 0.5) is 10.5 Å². The fourth-order valence-electron chi connectivity index (χ4n) is 2.24. The molecule has 0 saturated carbocycles. The zero-order valence-electron chi connectivity index (χ0n) is 11.0. The van der Waals surface area contributed by atoms with E-state index < -0.39 is 6.09 Å². The summed E-state index contributed by atoms with van der Waals surface area (Å²) in [4.78, 5) is 24.3. The average Bonchev–Trinajstić information content (AvgIpc) is 2.91. The number of hydrogen-bond acceptors (Lipinski definition) is 4. The number of anilines is 1. The van der Waals surface area contributed by atoms with Crippen LogP contribution < -0.4 is 5.32 Å². The lowest BCUT2D eigenvalue weighted by Gasteiger charge is -2.08. The molecule has 2 N–H and O–H groups in total. The van der Waals surface area contributed by atoms with Crippen molar-refractivity contribution >= 4 is 17.7 Å². The Morgan fingerprint density at radius 1 is 1.14 bits per heavy atom. The first kappa shape index (κ1) is 13.0. The molecule has 2 heterocycles. The molecule has 1 aliphatic heterocycles. The second-order valence-corrected chi connectivity index (χ2v) is 4.71. The Morgan fingerprint density at radius 2 is 1.95 bits per heavy atom. The number of carbonyl (C=O) groups is 2. The van der Waals surface area contributed by atoms with Gasteiger partial charge < -0.3 is 10.4 Å². The highest BCUT2D eigenvalue weighted by Crippen LogP contribution is 2.25. The van der Waals surface area contributed by atoms with Crippen molar-refractivity contribution in [3.05, 3.63) is 53.3 Å². The highest BCUT2D eigenvalue weighted by molar-refractivity contribution is 6.04. The maximum absolute atomic E-state index is 12.0. The van der Waals surface area contributed by atoms with Crippen LogP contribution in [-0.2, 0) is 13.1 Å². The third-order valence-electron chi connectivity index (χ3n) is 3.30. The van der Waals surface area contributed by atoms with Crippen LogP contribution in [0.3, 0.4) is 0 Å². The number of aromatic nitrogens is 2. The predicted octanol–water partition coefficient (Wildman–Crippen LogP) is 1.72. The molecule has 0 radical (unpaired) electrons. The Hall–Kier alpha value is -2.96. The average molecular weight is 284 g/mol. The van der Waals surface area contributed by atoms with Gasteiger partial charge >= 0.3 is 6.09 Å². The summed E-state index contributed by atoms with van der Waals surface area (Å²) < 4.78 is 0. The molecule has 106 valence electrons. The van der Waals surface area contributed by atoms with Crippen LogP contribution >= 0.6 is 0 Å². The van der Waals surface area contributed by atoms with Gasteiger partial charge in [-0.3, -0.25) is 9.69 Å². The maximum Gasteiger partial charge on any atom is 0.407 e. The van der Waals surface area contributed by atoms with Crippen LogP contribution in [-0.4, -0.2) is 32.2 Å². The summed E-state index contributed by atoms with van der Waals surface area (Å²) in [5.41, 5.74) is 2.91. The molecule has 1 aliphatic rings. The van der Waals surface area contributed by atoms with Crippen molar-refractivity contribution in [1.29, 1.82) is 0 Å². The quantitative estimate of drug-likeness (QED) is 0.875. The van der Waals surface area contributed by atoms with Gasteiger partial charge in [0.05, 0.1) is 18.0 Å². The molecule has 0 atom stereocenters. The van der Waals surface area contributed by atoms with E-state index in [4.69, 9.17) is 5.11 Å². The van der Waals surface area contributed by atoms with Crippen molar-refractivity contribution in [3.63, 3.8) is 0 Å². The summed E-state index contributed by atoms with van der Waals surface area (Å²) in [6.07, 6.45) is 1.89. The molecule has 0 aliphatic carbocycles. The third-order valence-corrected chi connectivity index (χ3v) is 3.30. The number of nitrogens with zero attached hydrogens (tertiary/aromatic N) is 3. The van der Waals surface area contributed by atoms with E-state index in [1.165, 1.54) is 17.3 Å². The van der Waals surface area contributed by atoms with Gasteiger partial charge in [-0.05, 0) is 29.3 Å². The van der Waals surface area contributed by atoms with Crippen LogP contribution in [0.2, 0.25) is 0 Å². The van der Waals surface area contributed by atoms with Gasteiger partial charge in [-0.2, -0.15) is 10.2 Å². The van der Waals surface area contributed by atoms with E-state index in [9.17, 15) is 9.59 Å². The highest BCUT2D eigenvalue weighted by Gasteiger charge is 2.23. The lowest BCUT2D eigenvalue weighted by molar-refractivity contribution is 0.102. The first-order valence-electron chi connectivity index (χ1n) is 6.31. The number of carbonyl (C=O) groups excluding carboxylic acids is 1. The Balaban J connectivity index is 1.76. The number of fused-ring (bicyclic) bond motifs is 1. The topological polar surface area (TPSA) is 95.4 Å². The number of amides is 2. The number of carboxylic acid groups (broad SMARTS) is 1. The van der Waals surface area contributed by atoms with Crippen LogP contribution in [0.25, 0.3) is 0 Å². The zero-order chi connectivity index (χ0) is 14.8. The van der Waals surface area contributed by atoms with Crippen LogP contribution in [0.5, 0.6) is 0 Å². The van der Waals surface area contributed by atoms with Gasteiger partial charge in [-0.1, -0.05) is 6.07 Å². The molecule has 3 rings (SSSR count). The first-order valence-corrected chi connectivity index (χ1v) is 6.31. The van der Waals surface area contributed by atoms with Gasteiger partial charge in [0.2, 0.25) is 0 Å². The van der Waals surface area contributed by atoms with Crippen LogP contribution in [0, 0.1) is 0 Å². The molecular formula is C14H12N4O3.